The summed E-state index contributed by atoms with van der Waals surface area (Å²) in [7, 11) is 0. The Bertz CT molecular complexity index is 439. The molecule has 3 N–H and O–H groups in total. The fourth-order valence-corrected chi connectivity index (χ4v) is 3.84. The molecule has 0 spiro atoms. The fraction of sp³-hybridized carbons (Fsp3) is 0.500. The Morgan fingerprint density at radius 1 is 1.33 bits per heavy atom. The fourth-order valence-electron chi connectivity index (χ4n) is 2.36. The number of rotatable bonds is 3. The lowest BCUT2D eigenvalue weighted by molar-refractivity contribution is 0.318. The zero-order chi connectivity index (χ0) is 13.0. The van der Waals surface area contributed by atoms with E-state index in [9.17, 15) is 0 Å². The van der Waals surface area contributed by atoms with Gasteiger partial charge in [0, 0.05) is 15.7 Å². The van der Waals surface area contributed by atoms with Gasteiger partial charge in [-0.2, -0.15) is 0 Å². The number of aryl methyl sites for hydroxylation is 1. The highest BCUT2D eigenvalue weighted by Crippen LogP contribution is 2.35. The number of amidine groups is 1. The molecule has 98 valence electrons. The maximum atomic E-state index is 8.84. The van der Waals surface area contributed by atoms with Crippen LogP contribution in [0.4, 0.5) is 0 Å². The highest BCUT2D eigenvalue weighted by molar-refractivity contribution is 8.00. The van der Waals surface area contributed by atoms with Crippen LogP contribution in [0.3, 0.4) is 0 Å². The lowest BCUT2D eigenvalue weighted by Crippen LogP contribution is -2.15. The summed E-state index contributed by atoms with van der Waals surface area (Å²) in [6, 6.07) is 6.07. The first-order chi connectivity index (χ1) is 8.70. The van der Waals surface area contributed by atoms with Gasteiger partial charge in [-0.1, -0.05) is 30.5 Å². The molecule has 0 aromatic heterocycles. The van der Waals surface area contributed by atoms with E-state index in [1.54, 1.807) is 0 Å². The van der Waals surface area contributed by atoms with Gasteiger partial charge in [-0.25, -0.2) is 0 Å². The van der Waals surface area contributed by atoms with Crippen LogP contribution < -0.4 is 5.73 Å². The van der Waals surface area contributed by atoms with Crippen LogP contribution in [-0.2, 0) is 0 Å². The molecule has 1 aromatic carbocycles. The van der Waals surface area contributed by atoms with Crippen molar-refractivity contribution < 1.29 is 5.21 Å². The molecule has 4 heteroatoms. The zero-order valence-electron chi connectivity index (χ0n) is 10.7. The molecular weight excluding hydrogens is 244 g/mol. The Kier molecular flexibility index (Phi) is 4.53. The van der Waals surface area contributed by atoms with Crippen LogP contribution in [-0.4, -0.2) is 16.3 Å². The summed E-state index contributed by atoms with van der Waals surface area (Å²) in [6.45, 7) is 2.07. The lowest BCUT2D eigenvalue weighted by atomic mass is 10.0. The molecule has 0 saturated heterocycles. The molecule has 1 saturated carbocycles. The van der Waals surface area contributed by atoms with E-state index in [-0.39, 0.29) is 5.84 Å². The maximum absolute atomic E-state index is 8.84. The van der Waals surface area contributed by atoms with Gasteiger partial charge in [0.15, 0.2) is 5.84 Å². The van der Waals surface area contributed by atoms with E-state index in [1.807, 2.05) is 23.9 Å². The average Bonchev–Trinajstić information content (AvgIpc) is 2.39. The number of hydrogen-bond acceptors (Lipinski definition) is 3. The molecule has 0 bridgehead atoms. The van der Waals surface area contributed by atoms with Crippen molar-refractivity contribution in [3.63, 3.8) is 0 Å². The largest absolute Gasteiger partial charge is 0.409 e. The van der Waals surface area contributed by atoms with Crippen molar-refractivity contribution in [2.75, 3.05) is 0 Å². The van der Waals surface area contributed by atoms with E-state index < -0.39 is 0 Å². The standard InChI is InChI=1S/C14H20N2OS/c1-10-7-8-12(14(15)16-17)13(9-10)18-11-5-3-2-4-6-11/h7-9,11,17H,2-6H2,1H3,(H2,15,16). The van der Waals surface area contributed by atoms with Crippen molar-refractivity contribution in [3.8, 4) is 0 Å². The van der Waals surface area contributed by atoms with Crippen LogP contribution in [0.5, 0.6) is 0 Å². The van der Waals surface area contributed by atoms with Crippen molar-refractivity contribution in [2.24, 2.45) is 10.9 Å². The third kappa shape index (κ3) is 3.19. The summed E-state index contributed by atoms with van der Waals surface area (Å²) >= 11 is 1.88. The summed E-state index contributed by atoms with van der Waals surface area (Å²) in [4.78, 5) is 1.14. The molecule has 1 aliphatic carbocycles. The zero-order valence-corrected chi connectivity index (χ0v) is 11.5. The van der Waals surface area contributed by atoms with E-state index in [4.69, 9.17) is 10.9 Å². The second kappa shape index (κ2) is 6.14. The van der Waals surface area contributed by atoms with E-state index in [2.05, 4.69) is 18.1 Å². The Labute approximate surface area is 112 Å². The SMILES string of the molecule is Cc1ccc(C(N)=NO)c(SC2CCCCC2)c1. The monoisotopic (exact) mass is 264 g/mol. The first-order valence-electron chi connectivity index (χ1n) is 6.46. The van der Waals surface area contributed by atoms with Crippen molar-refractivity contribution in [3.05, 3.63) is 29.3 Å². The molecule has 1 aromatic rings. The molecule has 0 unspecified atom stereocenters. The first-order valence-corrected chi connectivity index (χ1v) is 7.34. The van der Waals surface area contributed by atoms with Gasteiger partial charge in [0.2, 0.25) is 0 Å². The van der Waals surface area contributed by atoms with E-state index in [0.29, 0.717) is 5.25 Å². The maximum Gasteiger partial charge on any atom is 0.171 e. The number of thioether (sulfide) groups is 1. The molecule has 0 atom stereocenters. The average molecular weight is 264 g/mol. The van der Waals surface area contributed by atoms with Crippen LogP contribution in [0.1, 0.15) is 43.2 Å². The molecule has 1 fully saturated rings. The summed E-state index contributed by atoms with van der Waals surface area (Å²) in [6.07, 6.45) is 6.55. The second-order valence-electron chi connectivity index (χ2n) is 4.86. The Balaban J connectivity index is 2.21. The number of hydrogen-bond donors (Lipinski definition) is 2. The number of oxime groups is 1. The number of benzene rings is 1. The van der Waals surface area contributed by atoms with Crippen LogP contribution in [0.25, 0.3) is 0 Å². The smallest absolute Gasteiger partial charge is 0.171 e. The van der Waals surface area contributed by atoms with Gasteiger partial charge in [-0.15, -0.1) is 11.8 Å². The van der Waals surface area contributed by atoms with Gasteiger partial charge in [-0.3, -0.25) is 0 Å². The first kappa shape index (κ1) is 13.3. The van der Waals surface area contributed by atoms with Crippen molar-refractivity contribution in [1.29, 1.82) is 0 Å². The molecule has 3 nitrogen and oxygen atoms in total. The second-order valence-corrected chi connectivity index (χ2v) is 6.20. The molecule has 0 aliphatic heterocycles. The van der Waals surface area contributed by atoms with Crippen LogP contribution in [0, 0.1) is 6.92 Å². The minimum Gasteiger partial charge on any atom is -0.409 e. The van der Waals surface area contributed by atoms with Gasteiger partial charge in [0.1, 0.15) is 0 Å². The van der Waals surface area contributed by atoms with Crippen LogP contribution in [0.2, 0.25) is 0 Å². The summed E-state index contributed by atoms with van der Waals surface area (Å²) in [5.74, 6) is 0.202. The molecule has 2 rings (SSSR count). The Morgan fingerprint density at radius 3 is 2.72 bits per heavy atom. The van der Waals surface area contributed by atoms with Gasteiger partial charge >= 0.3 is 0 Å². The van der Waals surface area contributed by atoms with Crippen LogP contribution >= 0.6 is 11.8 Å². The minimum absolute atomic E-state index is 0.202. The Morgan fingerprint density at radius 2 is 2.06 bits per heavy atom. The third-order valence-electron chi connectivity index (χ3n) is 3.37. The molecule has 0 amide bonds. The predicted octanol–water partition coefficient (Wildman–Crippen LogP) is 3.51. The van der Waals surface area contributed by atoms with Gasteiger partial charge < -0.3 is 10.9 Å². The van der Waals surface area contributed by atoms with Gasteiger partial charge in [-0.05, 0) is 37.5 Å². The van der Waals surface area contributed by atoms with Crippen molar-refractivity contribution >= 4 is 17.6 Å². The molecule has 0 radical (unpaired) electrons. The molecule has 0 heterocycles. The molecule has 1 aliphatic rings. The van der Waals surface area contributed by atoms with Crippen LogP contribution in [0.15, 0.2) is 28.3 Å². The number of nitrogens with two attached hydrogens (primary N) is 1. The molecule has 18 heavy (non-hydrogen) atoms. The van der Waals surface area contributed by atoms with Crippen molar-refractivity contribution in [1.82, 2.24) is 0 Å². The highest BCUT2D eigenvalue weighted by atomic mass is 32.2. The predicted molar refractivity (Wildman–Crippen MR) is 76.4 cm³/mol. The summed E-state index contributed by atoms with van der Waals surface area (Å²) in [5.41, 5.74) is 7.79. The van der Waals surface area contributed by atoms with E-state index in [0.717, 1.165) is 10.5 Å². The summed E-state index contributed by atoms with van der Waals surface area (Å²) < 4.78 is 0. The quantitative estimate of drug-likeness (QED) is 0.380. The Hall–Kier alpha value is -1.16. The third-order valence-corrected chi connectivity index (χ3v) is 4.76. The highest BCUT2D eigenvalue weighted by Gasteiger charge is 2.17. The normalized spacial score (nSPS) is 17.9. The summed E-state index contributed by atoms with van der Waals surface area (Å²) in [5, 5.41) is 12.6. The van der Waals surface area contributed by atoms with E-state index >= 15 is 0 Å². The van der Waals surface area contributed by atoms with Crippen molar-refractivity contribution in [2.45, 2.75) is 49.2 Å². The number of nitrogens with zero attached hydrogens (tertiary/aromatic N) is 1. The molecular formula is C14H20N2OS. The lowest BCUT2D eigenvalue weighted by Gasteiger charge is -2.22. The topological polar surface area (TPSA) is 58.6 Å². The van der Waals surface area contributed by atoms with E-state index in [1.165, 1.54) is 37.7 Å². The van der Waals surface area contributed by atoms with Gasteiger partial charge in [0.05, 0.1) is 0 Å². The van der Waals surface area contributed by atoms with Gasteiger partial charge in [0.25, 0.3) is 0 Å². The minimum atomic E-state index is 0.202.